The summed E-state index contributed by atoms with van der Waals surface area (Å²) in [7, 11) is 2.56. The zero-order valence-electron chi connectivity index (χ0n) is 25.1. The fourth-order valence-electron chi connectivity index (χ4n) is 4.79. The Bertz CT molecular complexity index is 1610. The lowest BCUT2D eigenvalue weighted by Crippen LogP contribution is -2.10. The molecule has 5 aromatic carbocycles. The predicted octanol–water partition coefficient (Wildman–Crippen LogP) is 9.31. The Hall–Kier alpha value is -5.82. The van der Waals surface area contributed by atoms with Crippen molar-refractivity contribution in [2.75, 3.05) is 19.1 Å². The molecule has 0 amide bonds. The Morgan fingerprint density at radius 2 is 0.911 bits per heavy atom. The number of carbonyl (C=O) groups excluding carboxylic acids is 2. The molecular weight excluding hydrogens is 566 g/mol. The number of rotatable bonds is 10. The number of ether oxygens (including phenoxy) is 4. The maximum atomic E-state index is 11.4. The molecule has 226 valence electrons. The molecule has 0 aliphatic rings. The van der Waals surface area contributed by atoms with Crippen LogP contribution in [0, 0.1) is 0 Å². The van der Waals surface area contributed by atoms with Crippen LogP contribution >= 0.6 is 0 Å². The van der Waals surface area contributed by atoms with E-state index >= 15 is 0 Å². The Morgan fingerprint density at radius 3 is 1.29 bits per heavy atom. The maximum absolute atomic E-state index is 11.4. The van der Waals surface area contributed by atoms with Gasteiger partial charge < -0.3 is 23.8 Å². The minimum atomic E-state index is -0.728. The third-order valence-corrected chi connectivity index (χ3v) is 7.07. The van der Waals surface area contributed by atoms with E-state index in [-0.39, 0.29) is 13.2 Å². The summed E-state index contributed by atoms with van der Waals surface area (Å²) in [4.78, 5) is 25.0. The van der Waals surface area contributed by atoms with Crippen LogP contribution < -0.4 is 4.90 Å². The van der Waals surface area contributed by atoms with E-state index in [1.807, 2.05) is 84.9 Å². The molecular formula is C38H33NO6. The molecule has 5 rings (SSSR count). The molecule has 5 aromatic rings. The Kier molecular flexibility index (Phi) is 10.3. The average molecular weight is 600 g/mol. The number of hydrogen-bond donors (Lipinski definition) is 0. The normalized spacial score (nSPS) is 10.4. The number of nitrogens with zero attached hydrogens (tertiary/aromatic N) is 1. The lowest BCUT2D eigenvalue weighted by atomic mass is 9.95. The van der Waals surface area contributed by atoms with Crippen LogP contribution in [0.25, 0.3) is 11.6 Å². The van der Waals surface area contributed by atoms with Gasteiger partial charge in [0.1, 0.15) is 13.2 Å². The summed E-state index contributed by atoms with van der Waals surface area (Å²) < 4.78 is 19.3. The van der Waals surface area contributed by atoms with E-state index in [9.17, 15) is 9.59 Å². The second-order valence-corrected chi connectivity index (χ2v) is 10.0. The summed E-state index contributed by atoms with van der Waals surface area (Å²) in [6.45, 7) is 0.210. The van der Waals surface area contributed by atoms with E-state index in [0.29, 0.717) is 0 Å². The fourth-order valence-corrected chi connectivity index (χ4v) is 4.79. The maximum Gasteiger partial charge on any atom is 0.508 e. The summed E-state index contributed by atoms with van der Waals surface area (Å²) in [6.07, 6.45) is 0.743. The van der Waals surface area contributed by atoms with Crippen LogP contribution in [0.3, 0.4) is 0 Å². The van der Waals surface area contributed by atoms with Crippen LogP contribution in [0.5, 0.6) is 0 Å². The molecule has 0 heterocycles. The van der Waals surface area contributed by atoms with Crippen molar-refractivity contribution in [3.8, 4) is 0 Å². The number of methoxy groups -OCH3 is 2. The number of anilines is 3. The molecule has 0 unspecified atom stereocenters. The van der Waals surface area contributed by atoms with Gasteiger partial charge in [0.2, 0.25) is 0 Å². The van der Waals surface area contributed by atoms with E-state index in [4.69, 9.17) is 9.47 Å². The van der Waals surface area contributed by atoms with Crippen LogP contribution in [0.15, 0.2) is 133 Å². The molecule has 0 aromatic heterocycles. The van der Waals surface area contributed by atoms with E-state index in [1.165, 1.54) is 14.2 Å². The molecule has 0 aliphatic heterocycles. The quantitative estimate of drug-likeness (QED) is 0.117. The fraction of sp³-hybridized carbons (Fsp3) is 0.105. The standard InChI is InChI=1S/C38H33NO6/c1-42-37(40)44-26-29-15-21-34(22-16-29)39(35-23-17-30(18-24-35)27-45-38(41)43-2)33-19-13-28(14-20-33)25-36(31-9-5-3-6-10-31)32-11-7-4-8-12-32/h3-25H,26-27H2,1-2H3. The molecule has 0 N–H and O–H groups in total. The summed E-state index contributed by atoms with van der Waals surface area (Å²) >= 11 is 0. The van der Waals surface area contributed by atoms with Crippen molar-refractivity contribution in [3.63, 3.8) is 0 Å². The second-order valence-electron chi connectivity index (χ2n) is 10.0. The summed E-state index contributed by atoms with van der Waals surface area (Å²) in [5.74, 6) is 0. The Labute approximate surface area is 262 Å². The van der Waals surface area contributed by atoms with Crippen molar-refractivity contribution in [1.29, 1.82) is 0 Å². The van der Waals surface area contributed by atoms with Gasteiger partial charge in [0.05, 0.1) is 14.2 Å². The van der Waals surface area contributed by atoms with Crippen molar-refractivity contribution in [2.45, 2.75) is 13.2 Å². The SMILES string of the molecule is COC(=O)OCc1ccc(N(c2ccc(C=C(c3ccccc3)c3ccccc3)cc2)c2ccc(COC(=O)OC)cc2)cc1. The van der Waals surface area contributed by atoms with Gasteiger partial charge in [-0.05, 0) is 75.9 Å². The summed E-state index contributed by atoms with van der Waals surface area (Å²) in [6, 6.07) is 44.6. The average Bonchev–Trinajstić information content (AvgIpc) is 3.11. The zero-order valence-corrected chi connectivity index (χ0v) is 25.1. The van der Waals surface area contributed by atoms with Crippen molar-refractivity contribution in [3.05, 3.63) is 161 Å². The number of hydrogen-bond acceptors (Lipinski definition) is 7. The highest BCUT2D eigenvalue weighted by atomic mass is 16.7. The monoisotopic (exact) mass is 599 g/mol. The van der Waals surface area contributed by atoms with Gasteiger partial charge in [-0.1, -0.05) is 97.1 Å². The van der Waals surface area contributed by atoms with Gasteiger partial charge in [-0.3, -0.25) is 0 Å². The first-order chi connectivity index (χ1) is 22.0. The van der Waals surface area contributed by atoms with Gasteiger partial charge >= 0.3 is 12.3 Å². The van der Waals surface area contributed by atoms with E-state index in [2.05, 4.69) is 69.0 Å². The molecule has 0 saturated heterocycles. The lowest BCUT2D eigenvalue weighted by molar-refractivity contribution is 0.0660. The molecule has 0 radical (unpaired) electrons. The minimum Gasteiger partial charge on any atom is -0.438 e. The van der Waals surface area contributed by atoms with Crippen molar-refractivity contribution in [1.82, 2.24) is 0 Å². The molecule has 0 atom stereocenters. The summed E-state index contributed by atoms with van der Waals surface area (Å²) in [5.41, 5.74) is 8.90. The molecule has 0 aliphatic carbocycles. The van der Waals surface area contributed by atoms with Gasteiger partial charge in [0.15, 0.2) is 0 Å². The van der Waals surface area contributed by atoms with E-state index < -0.39 is 12.3 Å². The molecule has 0 fully saturated rings. The summed E-state index contributed by atoms with van der Waals surface area (Å²) in [5, 5.41) is 0. The Balaban J connectivity index is 1.47. The first kappa shape index (κ1) is 30.6. The van der Waals surface area contributed by atoms with Crippen molar-refractivity contribution < 1.29 is 28.5 Å². The van der Waals surface area contributed by atoms with E-state index in [0.717, 1.165) is 50.5 Å². The van der Waals surface area contributed by atoms with Gasteiger partial charge in [0.25, 0.3) is 0 Å². The van der Waals surface area contributed by atoms with Crippen molar-refractivity contribution >= 4 is 41.0 Å². The third kappa shape index (κ3) is 8.18. The lowest BCUT2D eigenvalue weighted by Gasteiger charge is -2.26. The molecule has 7 nitrogen and oxygen atoms in total. The van der Waals surface area contributed by atoms with E-state index in [1.54, 1.807) is 0 Å². The third-order valence-electron chi connectivity index (χ3n) is 7.07. The molecule has 0 saturated carbocycles. The van der Waals surface area contributed by atoms with Crippen LogP contribution in [0.4, 0.5) is 26.7 Å². The first-order valence-electron chi connectivity index (χ1n) is 14.4. The Morgan fingerprint density at radius 1 is 0.533 bits per heavy atom. The zero-order chi connectivity index (χ0) is 31.4. The molecule has 7 heteroatoms. The second kappa shape index (κ2) is 15.1. The molecule has 0 bridgehead atoms. The van der Waals surface area contributed by atoms with Gasteiger partial charge in [-0.2, -0.15) is 0 Å². The van der Waals surface area contributed by atoms with Crippen LogP contribution in [0.2, 0.25) is 0 Å². The van der Waals surface area contributed by atoms with Crippen LogP contribution in [0.1, 0.15) is 27.8 Å². The van der Waals surface area contributed by atoms with Gasteiger partial charge in [-0.25, -0.2) is 9.59 Å². The van der Waals surface area contributed by atoms with Gasteiger partial charge in [0, 0.05) is 17.1 Å². The smallest absolute Gasteiger partial charge is 0.438 e. The minimum absolute atomic E-state index is 0.105. The first-order valence-corrected chi connectivity index (χ1v) is 14.4. The number of benzene rings is 5. The highest BCUT2D eigenvalue weighted by Crippen LogP contribution is 2.36. The topological polar surface area (TPSA) is 74.3 Å². The molecule has 45 heavy (non-hydrogen) atoms. The highest BCUT2D eigenvalue weighted by Gasteiger charge is 2.14. The van der Waals surface area contributed by atoms with Gasteiger partial charge in [-0.15, -0.1) is 0 Å². The number of carbonyl (C=O) groups is 2. The van der Waals surface area contributed by atoms with Crippen LogP contribution in [-0.4, -0.2) is 26.5 Å². The highest BCUT2D eigenvalue weighted by molar-refractivity contribution is 5.91. The van der Waals surface area contributed by atoms with Crippen LogP contribution in [-0.2, 0) is 32.2 Å². The predicted molar refractivity (Wildman–Crippen MR) is 175 cm³/mol. The largest absolute Gasteiger partial charge is 0.508 e. The van der Waals surface area contributed by atoms with Crippen molar-refractivity contribution in [2.24, 2.45) is 0 Å². The molecule has 0 spiro atoms.